The summed E-state index contributed by atoms with van der Waals surface area (Å²) >= 11 is 6.05. The highest BCUT2D eigenvalue weighted by Gasteiger charge is 2.24. The third-order valence-electron chi connectivity index (χ3n) is 6.09. The Kier molecular flexibility index (Phi) is 7.14. The third-order valence-corrected chi connectivity index (χ3v) is 6.32. The van der Waals surface area contributed by atoms with Crippen molar-refractivity contribution in [1.29, 1.82) is 0 Å². The van der Waals surface area contributed by atoms with Gasteiger partial charge in [0.05, 0.1) is 19.1 Å². The van der Waals surface area contributed by atoms with Crippen LogP contribution in [0.2, 0.25) is 5.02 Å². The molecule has 2 aromatic heterocycles. The molecule has 37 heavy (non-hydrogen) atoms. The maximum absolute atomic E-state index is 12.6. The van der Waals surface area contributed by atoms with Gasteiger partial charge in [0.25, 0.3) is 11.8 Å². The monoisotopic (exact) mass is 520 g/mol. The van der Waals surface area contributed by atoms with E-state index in [1.54, 1.807) is 41.3 Å². The predicted octanol–water partition coefficient (Wildman–Crippen LogP) is 4.47. The molecule has 1 saturated heterocycles. The number of nitrogens with zero attached hydrogens (tertiary/aromatic N) is 3. The average molecular weight is 521 g/mol. The zero-order valence-electron chi connectivity index (χ0n) is 20.1. The normalized spacial score (nSPS) is 13.5. The molecule has 1 aliphatic rings. The molecule has 0 spiro atoms. The minimum absolute atomic E-state index is 0.111. The number of anilines is 2. The van der Waals surface area contributed by atoms with Gasteiger partial charge >= 0.3 is 0 Å². The second kappa shape index (κ2) is 10.8. The Morgan fingerprint density at radius 3 is 2.62 bits per heavy atom. The number of fused-ring (bicyclic) bond motifs is 1. The Balaban J connectivity index is 1.26. The molecule has 0 unspecified atom stereocenters. The number of benzene rings is 2. The molecule has 4 aromatic rings. The Labute approximate surface area is 218 Å². The molecule has 1 fully saturated rings. The van der Waals surface area contributed by atoms with Gasteiger partial charge in [0.1, 0.15) is 22.8 Å². The molecule has 0 atom stereocenters. The highest BCUT2D eigenvalue weighted by molar-refractivity contribution is 6.31. The zero-order chi connectivity index (χ0) is 25.8. The minimum atomic E-state index is -0.355. The number of hydrogen-bond acceptors (Lipinski definition) is 7. The molecule has 0 saturated carbocycles. The fraction of sp³-hybridized carbons (Fsp3) is 0.222. The first-order chi connectivity index (χ1) is 18.0. The van der Waals surface area contributed by atoms with Crippen LogP contribution >= 0.6 is 11.6 Å². The number of carbonyl (C=O) groups is 2. The van der Waals surface area contributed by atoms with Crippen molar-refractivity contribution in [2.45, 2.75) is 0 Å². The van der Waals surface area contributed by atoms with E-state index in [0.29, 0.717) is 59.7 Å². The number of pyridine rings is 1. The van der Waals surface area contributed by atoms with E-state index in [1.165, 1.54) is 13.4 Å². The first kappa shape index (κ1) is 24.5. The van der Waals surface area contributed by atoms with Crippen LogP contribution in [0.25, 0.3) is 10.9 Å². The lowest BCUT2D eigenvalue weighted by Crippen LogP contribution is -2.49. The summed E-state index contributed by atoms with van der Waals surface area (Å²) in [5, 5.41) is 4.14. The van der Waals surface area contributed by atoms with E-state index in [1.807, 2.05) is 24.3 Å². The second-order valence-electron chi connectivity index (χ2n) is 8.44. The van der Waals surface area contributed by atoms with E-state index in [4.69, 9.17) is 30.5 Å². The van der Waals surface area contributed by atoms with Crippen molar-refractivity contribution in [2.24, 2.45) is 0 Å². The summed E-state index contributed by atoms with van der Waals surface area (Å²) in [6.07, 6.45) is 1.50. The van der Waals surface area contributed by atoms with Crippen molar-refractivity contribution >= 4 is 45.8 Å². The lowest BCUT2D eigenvalue weighted by Gasteiger charge is -2.35. The van der Waals surface area contributed by atoms with E-state index in [2.05, 4.69) is 10.2 Å². The van der Waals surface area contributed by atoms with Gasteiger partial charge in [0.2, 0.25) is 0 Å². The Hall–Kier alpha value is -4.24. The van der Waals surface area contributed by atoms with E-state index in [-0.39, 0.29) is 18.4 Å². The van der Waals surface area contributed by atoms with Crippen molar-refractivity contribution in [3.05, 3.63) is 77.7 Å². The quantitative estimate of drug-likeness (QED) is 0.384. The molecule has 3 heterocycles. The van der Waals surface area contributed by atoms with Crippen LogP contribution in [0, 0.1) is 0 Å². The summed E-state index contributed by atoms with van der Waals surface area (Å²) in [5.74, 6) is 1.66. The van der Waals surface area contributed by atoms with Crippen LogP contribution in [0.15, 0.2) is 71.3 Å². The summed E-state index contributed by atoms with van der Waals surface area (Å²) < 4.78 is 16.4. The van der Waals surface area contributed by atoms with Crippen molar-refractivity contribution in [1.82, 2.24) is 9.88 Å². The molecular weight excluding hydrogens is 496 g/mol. The van der Waals surface area contributed by atoms with E-state index >= 15 is 0 Å². The van der Waals surface area contributed by atoms with E-state index in [0.717, 1.165) is 11.2 Å². The van der Waals surface area contributed by atoms with Crippen molar-refractivity contribution in [3.8, 4) is 11.5 Å². The van der Waals surface area contributed by atoms with Crippen LogP contribution in [0.3, 0.4) is 0 Å². The molecule has 5 rings (SSSR count). The maximum Gasteiger partial charge on any atom is 0.289 e. The summed E-state index contributed by atoms with van der Waals surface area (Å²) in [4.78, 5) is 33.9. The van der Waals surface area contributed by atoms with Crippen LogP contribution < -0.4 is 19.7 Å². The van der Waals surface area contributed by atoms with Gasteiger partial charge in [-0.3, -0.25) is 9.59 Å². The van der Waals surface area contributed by atoms with Crippen LogP contribution in [0.5, 0.6) is 11.5 Å². The predicted molar refractivity (Wildman–Crippen MR) is 141 cm³/mol. The number of rotatable bonds is 7. The Morgan fingerprint density at radius 2 is 1.86 bits per heavy atom. The highest BCUT2D eigenvalue weighted by atomic mass is 35.5. The molecule has 1 N–H and O–H groups in total. The van der Waals surface area contributed by atoms with Crippen molar-refractivity contribution in [2.75, 3.05) is 50.1 Å². The smallest absolute Gasteiger partial charge is 0.289 e. The summed E-state index contributed by atoms with van der Waals surface area (Å²) in [7, 11) is 1.52. The van der Waals surface area contributed by atoms with Gasteiger partial charge in [-0.15, -0.1) is 0 Å². The van der Waals surface area contributed by atoms with Crippen LogP contribution in [-0.4, -0.2) is 61.6 Å². The molecule has 190 valence electrons. The largest absolute Gasteiger partial charge is 0.495 e. The number of furan rings is 1. The first-order valence-electron chi connectivity index (χ1n) is 11.8. The third kappa shape index (κ3) is 5.46. The lowest BCUT2D eigenvalue weighted by atomic mass is 10.2. The molecular formula is C27H25ClN4O5. The summed E-state index contributed by atoms with van der Waals surface area (Å²) in [6, 6.07) is 17.9. The number of piperazine rings is 1. The van der Waals surface area contributed by atoms with Gasteiger partial charge < -0.3 is 29.0 Å². The number of carbonyl (C=O) groups excluding carboxylic acids is 2. The number of para-hydroxylation sites is 1. The van der Waals surface area contributed by atoms with Gasteiger partial charge in [-0.1, -0.05) is 23.7 Å². The number of methoxy groups -OCH3 is 1. The van der Waals surface area contributed by atoms with Gasteiger partial charge in [0.15, 0.2) is 12.4 Å². The first-order valence-corrected chi connectivity index (χ1v) is 12.1. The van der Waals surface area contributed by atoms with Crippen molar-refractivity contribution < 1.29 is 23.5 Å². The fourth-order valence-corrected chi connectivity index (χ4v) is 4.38. The molecule has 9 nitrogen and oxygen atoms in total. The second-order valence-corrected chi connectivity index (χ2v) is 8.87. The standard InChI is InChI=1S/C27H25ClN4O5/c1-35-21-9-8-19(28)16-20(21)29-25(33)17-37-22-5-2-4-18-7-10-24(30-26(18)22)31-11-13-32(14-12-31)27(34)23-6-3-15-36-23/h2-10,15-16H,11-14,17H2,1H3,(H,29,33). The van der Waals surface area contributed by atoms with E-state index in [9.17, 15) is 9.59 Å². The van der Waals surface area contributed by atoms with Crippen LogP contribution in [-0.2, 0) is 4.79 Å². The van der Waals surface area contributed by atoms with Gasteiger partial charge in [-0.2, -0.15) is 0 Å². The average Bonchev–Trinajstić information content (AvgIpc) is 3.47. The Bertz CT molecular complexity index is 1420. The van der Waals surface area contributed by atoms with Gasteiger partial charge in [0, 0.05) is 36.6 Å². The van der Waals surface area contributed by atoms with Crippen LogP contribution in [0.4, 0.5) is 11.5 Å². The summed E-state index contributed by atoms with van der Waals surface area (Å²) in [5.41, 5.74) is 1.12. The SMILES string of the molecule is COc1ccc(Cl)cc1NC(=O)COc1cccc2ccc(N3CCN(C(=O)c4ccco4)CC3)nc12. The molecule has 10 heteroatoms. The Morgan fingerprint density at radius 1 is 1.03 bits per heavy atom. The van der Waals surface area contributed by atoms with Crippen LogP contribution in [0.1, 0.15) is 10.6 Å². The highest BCUT2D eigenvalue weighted by Crippen LogP contribution is 2.29. The number of amides is 2. The summed E-state index contributed by atoms with van der Waals surface area (Å²) in [6.45, 7) is 2.18. The molecule has 0 bridgehead atoms. The molecule has 2 aromatic carbocycles. The van der Waals surface area contributed by atoms with Gasteiger partial charge in [-0.05, 0) is 48.5 Å². The lowest BCUT2D eigenvalue weighted by molar-refractivity contribution is -0.118. The van der Waals surface area contributed by atoms with Gasteiger partial charge in [-0.25, -0.2) is 4.98 Å². The number of nitrogens with one attached hydrogen (secondary N) is 1. The molecule has 0 aliphatic carbocycles. The molecule has 0 radical (unpaired) electrons. The van der Waals surface area contributed by atoms with Crippen molar-refractivity contribution in [3.63, 3.8) is 0 Å². The number of halogens is 1. The molecule has 2 amide bonds. The number of aromatic nitrogens is 1. The minimum Gasteiger partial charge on any atom is -0.495 e. The topological polar surface area (TPSA) is 97.1 Å². The zero-order valence-corrected chi connectivity index (χ0v) is 20.9. The fourth-order valence-electron chi connectivity index (χ4n) is 4.20. The number of hydrogen-bond donors (Lipinski definition) is 1. The maximum atomic E-state index is 12.6. The molecule has 1 aliphatic heterocycles. The van der Waals surface area contributed by atoms with E-state index < -0.39 is 0 Å². The number of ether oxygens (including phenoxy) is 2.